The Morgan fingerprint density at radius 3 is 2.67 bits per heavy atom. The number of nitrogens with zero attached hydrogens (tertiary/aromatic N) is 1. The third-order valence-corrected chi connectivity index (χ3v) is 2.41. The van der Waals surface area contributed by atoms with Crippen molar-refractivity contribution in [3.8, 4) is 0 Å². The molecule has 1 aromatic heterocycles. The number of methoxy groups -OCH3 is 1. The van der Waals surface area contributed by atoms with Crippen molar-refractivity contribution in [2.24, 2.45) is 0 Å². The van der Waals surface area contributed by atoms with Crippen LogP contribution in [0.25, 0.3) is 0 Å². The molecule has 2 heterocycles. The molecule has 0 aromatic carbocycles. The van der Waals surface area contributed by atoms with Crippen LogP contribution in [-0.2, 0) is 14.2 Å². The molecule has 18 heavy (non-hydrogen) atoms. The summed E-state index contributed by atoms with van der Waals surface area (Å²) >= 11 is 0. The number of hydrogen-bond donors (Lipinski definition) is 1. The molecular formula is C11H11NO6. The average molecular weight is 253 g/mol. The van der Waals surface area contributed by atoms with Gasteiger partial charge in [-0.05, 0) is 6.07 Å². The van der Waals surface area contributed by atoms with Crippen LogP contribution in [0.4, 0.5) is 0 Å². The van der Waals surface area contributed by atoms with Crippen molar-refractivity contribution in [1.82, 2.24) is 4.98 Å². The number of carboxylic acids is 1. The molecule has 2 rings (SSSR count). The van der Waals surface area contributed by atoms with E-state index in [2.05, 4.69) is 9.72 Å². The zero-order chi connectivity index (χ0) is 13.1. The number of carbonyl (C=O) groups excluding carboxylic acids is 1. The number of hydrogen-bond acceptors (Lipinski definition) is 6. The molecule has 0 bridgehead atoms. The maximum absolute atomic E-state index is 11.4. The lowest BCUT2D eigenvalue weighted by Crippen LogP contribution is -2.14. The number of esters is 1. The molecule has 96 valence electrons. The van der Waals surface area contributed by atoms with Crippen molar-refractivity contribution in [3.63, 3.8) is 0 Å². The van der Waals surface area contributed by atoms with Crippen LogP contribution in [0.1, 0.15) is 32.7 Å². The highest BCUT2D eigenvalue weighted by Crippen LogP contribution is 2.24. The number of rotatable bonds is 3. The van der Waals surface area contributed by atoms with E-state index in [1.165, 1.54) is 12.3 Å². The Bertz CT molecular complexity index is 480. The molecule has 7 nitrogen and oxygen atoms in total. The summed E-state index contributed by atoms with van der Waals surface area (Å²) in [5, 5.41) is 9.05. The highest BCUT2D eigenvalue weighted by Gasteiger charge is 2.24. The summed E-state index contributed by atoms with van der Waals surface area (Å²) in [6.07, 6.45) is 0.705. The van der Waals surface area contributed by atoms with Crippen LogP contribution >= 0.6 is 0 Å². The lowest BCUT2D eigenvalue weighted by atomic mass is 10.1. The van der Waals surface area contributed by atoms with Gasteiger partial charge in [0.25, 0.3) is 0 Å². The standard InChI is InChI=1S/C11H11NO6/c1-16-10(15)8-7(9(13)14)4-6(5-12-8)11-17-2-3-18-11/h4-5,11H,2-3H2,1H3,(H,13,14). The van der Waals surface area contributed by atoms with Crippen LogP contribution in [0.15, 0.2) is 12.3 Å². The Kier molecular flexibility index (Phi) is 3.54. The predicted molar refractivity (Wildman–Crippen MR) is 57.2 cm³/mol. The third-order valence-electron chi connectivity index (χ3n) is 2.41. The van der Waals surface area contributed by atoms with E-state index < -0.39 is 18.2 Å². The molecule has 1 N–H and O–H groups in total. The summed E-state index contributed by atoms with van der Waals surface area (Å²) in [5.74, 6) is -2.06. The molecule has 0 unspecified atom stereocenters. The molecule has 1 aliphatic rings. The maximum atomic E-state index is 11.4. The quantitative estimate of drug-likeness (QED) is 0.788. The van der Waals surface area contributed by atoms with Crippen LogP contribution < -0.4 is 0 Å². The summed E-state index contributed by atoms with van der Waals surface area (Å²) in [4.78, 5) is 26.2. The fraction of sp³-hybridized carbons (Fsp3) is 0.364. The molecule has 1 saturated heterocycles. The molecule has 1 aliphatic heterocycles. The van der Waals surface area contributed by atoms with Crippen molar-refractivity contribution in [2.75, 3.05) is 20.3 Å². The van der Waals surface area contributed by atoms with E-state index in [0.717, 1.165) is 7.11 Å². The fourth-order valence-corrected chi connectivity index (χ4v) is 1.58. The van der Waals surface area contributed by atoms with Crippen LogP contribution in [0.3, 0.4) is 0 Å². The van der Waals surface area contributed by atoms with Crippen LogP contribution in [0, 0.1) is 0 Å². The Balaban J connectivity index is 2.39. The molecule has 7 heteroatoms. The minimum absolute atomic E-state index is 0.238. The van der Waals surface area contributed by atoms with Gasteiger partial charge in [-0.1, -0.05) is 0 Å². The molecule has 0 radical (unpaired) electrons. The summed E-state index contributed by atoms with van der Waals surface area (Å²) in [6, 6.07) is 1.30. The van der Waals surface area contributed by atoms with Gasteiger partial charge >= 0.3 is 11.9 Å². The van der Waals surface area contributed by atoms with E-state index in [0.29, 0.717) is 18.8 Å². The van der Waals surface area contributed by atoms with Gasteiger partial charge in [0.15, 0.2) is 12.0 Å². The summed E-state index contributed by atoms with van der Waals surface area (Å²) < 4.78 is 14.9. The second kappa shape index (κ2) is 5.11. The molecule has 1 aromatic rings. The Morgan fingerprint density at radius 1 is 1.44 bits per heavy atom. The first-order chi connectivity index (χ1) is 8.63. The minimum atomic E-state index is -1.26. The fourth-order valence-electron chi connectivity index (χ4n) is 1.58. The van der Waals surface area contributed by atoms with E-state index >= 15 is 0 Å². The van der Waals surface area contributed by atoms with Gasteiger partial charge in [0.05, 0.1) is 25.9 Å². The van der Waals surface area contributed by atoms with Crippen LogP contribution in [0.2, 0.25) is 0 Å². The first-order valence-corrected chi connectivity index (χ1v) is 5.18. The van der Waals surface area contributed by atoms with Gasteiger partial charge in [-0.15, -0.1) is 0 Å². The van der Waals surface area contributed by atoms with Gasteiger partial charge in [0, 0.05) is 11.8 Å². The summed E-state index contributed by atoms with van der Waals surface area (Å²) in [5.41, 5.74) is -0.0252. The molecule has 0 atom stereocenters. The monoisotopic (exact) mass is 253 g/mol. The smallest absolute Gasteiger partial charge is 0.357 e. The molecule has 1 fully saturated rings. The Morgan fingerprint density at radius 2 is 2.11 bits per heavy atom. The number of ether oxygens (including phenoxy) is 3. The van der Waals surface area contributed by atoms with Gasteiger partial charge < -0.3 is 19.3 Å². The van der Waals surface area contributed by atoms with Gasteiger partial charge in [-0.25, -0.2) is 14.6 Å². The number of pyridine rings is 1. The number of carbonyl (C=O) groups is 2. The van der Waals surface area contributed by atoms with Gasteiger partial charge in [-0.3, -0.25) is 0 Å². The number of aromatic nitrogens is 1. The predicted octanol–water partition coefficient (Wildman–Crippen LogP) is 0.612. The zero-order valence-corrected chi connectivity index (χ0v) is 9.58. The Labute approximate surface area is 102 Å². The highest BCUT2D eigenvalue weighted by molar-refractivity contribution is 6.00. The largest absolute Gasteiger partial charge is 0.478 e. The lowest BCUT2D eigenvalue weighted by Gasteiger charge is -2.11. The molecule has 0 amide bonds. The van der Waals surface area contributed by atoms with Crippen molar-refractivity contribution in [2.45, 2.75) is 6.29 Å². The number of carboxylic acid groups (broad SMARTS) is 1. The van der Waals surface area contributed by atoms with E-state index in [-0.39, 0.29) is 11.3 Å². The summed E-state index contributed by atoms with van der Waals surface area (Å²) in [6.45, 7) is 0.873. The van der Waals surface area contributed by atoms with E-state index in [1.54, 1.807) is 0 Å². The maximum Gasteiger partial charge on any atom is 0.357 e. The first kappa shape index (κ1) is 12.5. The van der Waals surface area contributed by atoms with Crippen molar-refractivity contribution in [3.05, 3.63) is 29.1 Å². The first-order valence-electron chi connectivity index (χ1n) is 5.18. The third kappa shape index (κ3) is 2.31. The van der Waals surface area contributed by atoms with E-state index in [9.17, 15) is 9.59 Å². The van der Waals surface area contributed by atoms with E-state index in [1.807, 2.05) is 0 Å². The van der Waals surface area contributed by atoms with Gasteiger partial charge in [0.2, 0.25) is 0 Å². The SMILES string of the molecule is COC(=O)c1ncc(C2OCCO2)cc1C(=O)O. The topological polar surface area (TPSA) is 95.0 Å². The van der Waals surface area contributed by atoms with Crippen LogP contribution in [-0.4, -0.2) is 42.4 Å². The molecule has 0 aliphatic carbocycles. The van der Waals surface area contributed by atoms with Crippen molar-refractivity contribution < 1.29 is 28.9 Å². The highest BCUT2D eigenvalue weighted by atomic mass is 16.7. The average Bonchev–Trinajstić information content (AvgIpc) is 2.91. The van der Waals surface area contributed by atoms with E-state index in [4.69, 9.17) is 14.6 Å². The minimum Gasteiger partial charge on any atom is -0.478 e. The van der Waals surface area contributed by atoms with Crippen molar-refractivity contribution >= 4 is 11.9 Å². The Hall–Kier alpha value is -1.99. The zero-order valence-electron chi connectivity index (χ0n) is 9.58. The summed E-state index contributed by atoms with van der Waals surface area (Å²) in [7, 11) is 1.16. The second-order valence-electron chi connectivity index (χ2n) is 3.54. The molecule has 0 spiro atoms. The van der Waals surface area contributed by atoms with Gasteiger partial charge in [0.1, 0.15) is 0 Å². The molecular weight excluding hydrogens is 242 g/mol. The lowest BCUT2D eigenvalue weighted by molar-refractivity contribution is -0.0444. The normalized spacial score (nSPS) is 15.6. The number of aromatic carboxylic acids is 1. The second-order valence-corrected chi connectivity index (χ2v) is 3.54. The van der Waals surface area contributed by atoms with Crippen LogP contribution in [0.5, 0.6) is 0 Å². The van der Waals surface area contributed by atoms with Gasteiger partial charge in [-0.2, -0.15) is 0 Å². The molecule has 0 saturated carbocycles. The van der Waals surface area contributed by atoms with Crippen molar-refractivity contribution in [1.29, 1.82) is 0 Å².